The fourth-order valence-electron chi connectivity index (χ4n) is 1.71. The molecule has 17 heavy (non-hydrogen) atoms. The highest BCUT2D eigenvalue weighted by molar-refractivity contribution is 5.77. The third-order valence-corrected chi connectivity index (χ3v) is 2.67. The van der Waals surface area contributed by atoms with Crippen molar-refractivity contribution in [3.8, 4) is 0 Å². The van der Waals surface area contributed by atoms with Crippen molar-refractivity contribution in [2.75, 3.05) is 13.1 Å². The lowest BCUT2D eigenvalue weighted by atomic mass is 10.1. The highest BCUT2D eigenvalue weighted by Gasteiger charge is 2.01. The van der Waals surface area contributed by atoms with Crippen LogP contribution in [0.3, 0.4) is 0 Å². The second kappa shape index (κ2) is 7.85. The summed E-state index contributed by atoms with van der Waals surface area (Å²) in [5, 5.41) is 6.02. The summed E-state index contributed by atoms with van der Waals surface area (Å²) < 4.78 is 0. The first-order valence-electron chi connectivity index (χ1n) is 6.32. The third-order valence-electron chi connectivity index (χ3n) is 2.67. The Kier molecular flexibility index (Phi) is 6.33. The molecule has 1 aromatic rings. The lowest BCUT2D eigenvalue weighted by Gasteiger charge is -2.09. The summed E-state index contributed by atoms with van der Waals surface area (Å²) in [6, 6.07) is 8.33. The molecule has 0 saturated heterocycles. The number of benzene rings is 1. The van der Waals surface area contributed by atoms with Crippen LogP contribution < -0.4 is 10.6 Å². The average Bonchev–Trinajstić information content (AvgIpc) is 2.37. The van der Waals surface area contributed by atoms with Crippen LogP contribution in [0.1, 0.15) is 31.4 Å². The first kappa shape index (κ1) is 13.7. The number of hydrogen-bond donors (Lipinski definition) is 2. The Hall–Kier alpha value is -1.35. The number of hydrogen-bond acceptors (Lipinski definition) is 2. The average molecular weight is 234 g/mol. The van der Waals surface area contributed by atoms with Crippen LogP contribution in [-0.4, -0.2) is 19.0 Å². The van der Waals surface area contributed by atoms with Gasteiger partial charge in [-0.3, -0.25) is 4.79 Å². The van der Waals surface area contributed by atoms with Crippen LogP contribution >= 0.6 is 0 Å². The largest absolute Gasteiger partial charge is 0.355 e. The zero-order chi connectivity index (χ0) is 12.5. The molecule has 2 N–H and O–H groups in total. The zero-order valence-corrected chi connectivity index (χ0v) is 10.8. The van der Waals surface area contributed by atoms with Crippen LogP contribution in [0.2, 0.25) is 0 Å². The van der Waals surface area contributed by atoms with Crippen molar-refractivity contribution in [3.05, 3.63) is 35.4 Å². The van der Waals surface area contributed by atoms with E-state index in [0.29, 0.717) is 6.54 Å². The molecule has 0 heterocycles. The highest BCUT2D eigenvalue weighted by Crippen LogP contribution is 2.08. The summed E-state index contributed by atoms with van der Waals surface area (Å²) in [5.41, 5.74) is 2.62. The Morgan fingerprint density at radius 2 is 1.88 bits per heavy atom. The van der Waals surface area contributed by atoms with Gasteiger partial charge in [-0.1, -0.05) is 38.1 Å². The quantitative estimate of drug-likeness (QED) is 0.756. The van der Waals surface area contributed by atoms with Crippen LogP contribution in [0.15, 0.2) is 24.3 Å². The van der Waals surface area contributed by atoms with E-state index in [1.54, 1.807) is 0 Å². The predicted octanol–water partition coefficient (Wildman–Crippen LogP) is 1.86. The van der Waals surface area contributed by atoms with Gasteiger partial charge in [-0.05, 0) is 24.0 Å². The molecule has 0 aliphatic rings. The molecule has 0 spiro atoms. The van der Waals surface area contributed by atoms with Gasteiger partial charge in [-0.25, -0.2) is 0 Å². The van der Waals surface area contributed by atoms with Gasteiger partial charge >= 0.3 is 0 Å². The van der Waals surface area contributed by atoms with Gasteiger partial charge in [0, 0.05) is 13.1 Å². The number of carbonyl (C=O) groups excluding carboxylic acids is 1. The van der Waals surface area contributed by atoms with Crippen molar-refractivity contribution in [2.45, 2.75) is 33.2 Å². The van der Waals surface area contributed by atoms with E-state index in [1.807, 2.05) is 13.0 Å². The topological polar surface area (TPSA) is 41.1 Å². The van der Waals surface area contributed by atoms with Gasteiger partial charge in [-0.15, -0.1) is 0 Å². The van der Waals surface area contributed by atoms with Gasteiger partial charge in [0.1, 0.15) is 0 Å². The SMILES string of the molecule is CCCNC(=O)CNCc1ccccc1CC. The molecule has 0 aliphatic heterocycles. The number of nitrogens with one attached hydrogen (secondary N) is 2. The van der Waals surface area contributed by atoms with E-state index in [0.717, 1.165) is 25.9 Å². The molecular formula is C14H22N2O. The van der Waals surface area contributed by atoms with Crippen LogP contribution in [0, 0.1) is 0 Å². The molecule has 1 amide bonds. The van der Waals surface area contributed by atoms with E-state index in [1.165, 1.54) is 11.1 Å². The molecular weight excluding hydrogens is 212 g/mol. The van der Waals surface area contributed by atoms with E-state index in [-0.39, 0.29) is 5.91 Å². The fraction of sp³-hybridized carbons (Fsp3) is 0.500. The van der Waals surface area contributed by atoms with Gasteiger partial charge < -0.3 is 10.6 Å². The smallest absolute Gasteiger partial charge is 0.233 e. The molecule has 0 radical (unpaired) electrons. The zero-order valence-electron chi connectivity index (χ0n) is 10.8. The lowest BCUT2D eigenvalue weighted by Crippen LogP contribution is -2.34. The molecule has 3 nitrogen and oxygen atoms in total. The minimum atomic E-state index is 0.0702. The van der Waals surface area contributed by atoms with Gasteiger partial charge in [0.05, 0.1) is 6.54 Å². The van der Waals surface area contributed by atoms with Gasteiger partial charge in [0.25, 0.3) is 0 Å². The van der Waals surface area contributed by atoms with E-state index < -0.39 is 0 Å². The van der Waals surface area contributed by atoms with Crippen molar-refractivity contribution in [1.82, 2.24) is 10.6 Å². The van der Waals surface area contributed by atoms with Crippen LogP contribution in [0.4, 0.5) is 0 Å². The Labute approximate surface area is 104 Å². The Morgan fingerprint density at radius 1 is 1.18 bits per heavy atom. The van der Waals surface area contributed by atoms with Crippen LogP contribution in [-0.2, 0) is 17.8 Å². The normalized spacial score (nSPS) is 10.2. The second-order valence-corrected chi connectivity index (χ2v) is 4.08. The summed E-state index contributed by atoms with van der Waals surface area (Å²) in [6.45, 7) is 6.09. The number of rotatable bonds is 7. The van der Waals surface area contributed by atoms with E-state index in [9.17, 15) is 4.79 Å². The molecule has 0 unspecified atom stereocenters. The maximum Gasteiger partial charge on any atom is 0.233 e. The third kappa shape index (κ3) is 5.00. The van der Waals surface area contributed by atoms with Crippen molar-refractivity contribution in [3.63, 3.8) is 0 Å². The van der Waals surface area contributed by atoms with Crippen molar-refractivity contribution >= 4 is 5.91 Å². The van der Waals surface area contributed by atoms with Crippen molar-refractivity contribution in [2.24, 2.45) is 0 Å². The fourth-order valence-corrected chi connectivity index (χ4v) is 1.71. The van der Waals surface area contributed by atoms with Gasteiger partial charge in [0.15, 0.2) is 0 Å². The minimum absolute atomic E-state index is 0.0702. The molecule has 1 rings (SSSR count). The Morgan fingerprint density at radius 3 is 2.53 bits per heavy atom. The maximum absolute atomic E-state index is 11.4. The molecule has 0 fully saturated rings. The van der Waals surface area contributed by atoms with E-state index in [2.05, 4.69) is 35.8 Å². The summed E-state index contributed by atoms with van der Waals surface area (Å²) >= 11 is 0. The molecule has 3 heteroatoms. The van der Waals surface area contributed by atoms with Gasteiger partial charge in [0.2, 0.25) is 5.91 Å². The van der Waals surface area contributed by atoms with E-state index in [4.69, 9.17) is 0 Å². The summed E-state index contributed by atoms with van der Waals surface area (Å²) in [7, 11) is 0. The summed E-state index contributed by atoms with van der Waals surface area (Å²) in [4.78, 5) is 11.4. The molecule has 0 bridgehead atoms. The van der Waals surface area contributed by atoms with E-state index >= 15 is 0 Å². The number of amides is 1. The van der Waals surface area contributed by atoms with Crippen molar-refractivity contribution < 1.29 is 4.79 Å². The first-order chi connectivity index (χ1) is 8.27. The molecule has 0 saturated carbocycles. The molecule has 0 aromatic heterocycles. The molecule has 0 atom stereocenters. The molecule has 0 aliphatic carbocycles. The molecule has 94 valence electrons. The van der Waals surface area contributed by atoms with Gasteiger partial charge in [-0.2, -0.15) is 0 Å². The standard InChI is InChI=1S/C14H22N2O/c1-3-9-16-14(17)11-15-10-13-8-6-5-7-12(13)4-2/h5-8,15H,3-4,9-11H2,1-2H3,(H,16,17). The van der Waals surface area contributed by atoms with Crippen molar-refractivity contribution in [1.29, 1.82) is 0 Å². The highest BCUT2D eigenvalue weighted by atomic mass is 16.1. The van der Waals surface area contributed by atoms with Crippen LogP contribution in [0.5, 0.6) is 0 Å². The minimum Gasteiger partial charge on any atom is -0.355 e. The monoisotopic (exact) mass is 234 g/mol. The first-order valence-corrected chi connectivity index (χ1v) is 6.32. The number of carbonyl (C=O) groups is 1. The Balaban J connectivity index is 2.33. The predicted molar refractivity (Wildman–Crippen MR) is 70.8 cm³/mol. The second-order valence-electron chi connectivity index (χ2n) is 4.08. The number of aryl methyl sites for hydroxylation is 1. The Bertz CT molecular complexity index is 350. The molecule has 1 aromatic carbocycles. The van der Waals surface area contributed by atoms with Crippen LogP contribution in [0.25, 0.3) is 0 Å². The summed E-state index contributed by atoms with van der Waals surface area (Å²) in [5.74, 6) is 0.0702. The lowest BCUT2D eigenvalue weighted by molar-refractivity contribution is -0.120. The maximum atomic E-state index is 11.4. The summed E-state index contributed by atoms with van der Waals surface area (Å²) in [6.07, 6.45) is 2.00.